The lowest BCUT2D eigenvalue weighted by atomic mass is 10.0. The second-order valence-corrected chi connectivity index (χ2v) is 5.23. The lowest BCUT2D eigenvalue weighted by Gasteiger charge is -2.21. The van der Waals surface area contributed by atoms with Crippen molar-refractivity contribution in [2.75, 3.05) is 11.9 Å². The van der Waals surface area contributed by atoms with Crippen LogP contribution in [-0.2, 0) is 9.59 Å². The van der Waals surface area contributed by atoms with Crippen LogP contribution in [0.4, 0.5) is 5.69 Å². The Morgan fingerprint density at radius 3 is 2.30 bits per heavy atom. The van der Waals surface area contributed by atoms with Crippen molar-refractivity contribution >= 4 is 29.1 Å². The first-order valence-corrected chi connectivity index (χ1v) is 6.80. The van der Waals surface area contributed by atoms with E-state index in [4.69, 9.17) is 16.7 Å². The molecule has 6 heteroatoms. The summed E-state index contributed by atoms with van der Waals surface area (Å²) in [7, 11) is 0. The van der Waals surface area contributed by atoms with E-state index in [1.807, 2.05) is 13.8 Å². The van der Waals surface area contributed by atoms with E-state index in [2.05, 4.69) is 10.6 Å². The molecule has 0 aliphatic rings. The van der Waals surface area contributed by atoms with Gasteiger partial charge >= 0.3 is 11.8 Å². The number of aliphatic hydroxyl groups is 1. The second kappa shape index (κ2) is 7.87. The van der Waals surface area contributed by atoms with Gasteiger partial charge in [0, 0.05) is 23.4 Å². The van der Waals surface area contributed by atoms with Gasteiger partial charge in [-0.05, 0) is 36.6 Å². The van der Waals surface area contributed by atoms with E-state index >= 15 is 0 Å². The molecule has 0 aliphatic carbocycles. The second-order valence-electron chi connectivity index (χ2n) is 4.80. The number of nitrogens with one attached hydrogen (secondary N) is 2. The zero-order chi connectivity index (χ0) is 15.1. The van der Waals surface area contributed by atoms with Crippen molar-refractivity contribution in [3.63, 3.8) is 0 Å². The monoisotopic (exact) mass is 298 g/mol. The highest BCUT2D eigenvalue weighted by Gasteiger charge is 2.20. The molecule has 2 amide bonds. The van der Waals surface area contributed by atoms with Crippen LogP contribution in [0.1, 0.15) is 20.3 Å². The number of carbonyl (C=O) groups is 2. The molecule has 110 valence electrons. The average Bonchev–Trinajstić information content (AvgIpc) is 2.40. The first-order valence-electron chi connectivity index (χ1n) is 6.42. The van der Waals surface area contributed by atoms with Gasteiger partial charge in [0.2, 0.25) is 0 Å². The van der Waals surface area contributed by atoms with E-state index in [0.29, 0.717) is 17.1 Å². The van der Waals surface area contributed by atoms with Gasteiger partial charge in [0.1, 0.15) is 0 Å². The lowest BCUT2D eigenvalue weighted by molar-refractivity contribution is -0.136. The smallest absolute Gasteiger partial charge is 0.313 e. The van der Waals surface area contributed by atoms with Crippen LogP contribution < -0.4 is 10.6 Å². The maximum Gasteiger partial charge on any atom is 0.313 e. The molecule has 3 N–H and O–H groups in total. The fourth-order valence-electron chi connectivity index (χ4n) is 1.67. The fourth-order valence-corrected chi connectivity index (χ4v) is 1.79. The third-order valence-electron chi connectivity index (χ3n) is 2.87. The summed E-state index contributed by atoms with van der Waals surface area (Å²) >= 11 is 5.73. The molecular weight excluding hydrogens is 280 g/mol. The summed E-state index contributed by atoms with van der Waals surface area (Å²) < 4.78 is 0. The summed E-state index contributed by atoms with van der Waals surface area (Å²) in [5.74, 6) is -1.32. The molecule has 0 radical (unpaired) electrons. The van der Waals surface area contributed by atoms with E-state index in [0.717, 1.165) is 0 Å². The zero-order valence-corrected chi connectivity index (χ0v) is 12.3. The molecule has 5 nitrogen and oxygen atoms in total. The Morgan fingerprint density at radius 2 is 1.80 bits per heavy atom. The molecule has 0 aliphatic heterocycles. The quantitative estimate of drug-likeness (QED) is 0.725. The Hall–Kier alpha value is -1.59. The number of amides is 2. The fraction of sp³-hybridized carbons (Fsp3) is 0.429. The number of benzene rings is 1. The molecule has 0 saturated carbocycles. The molecule has 0 bridgehead atoms. The molecule has 0 spiro atoms. The summed E-state index contributed by atoms with van der Waals surface area (Å²) in [4.78, 5) is 23.5. The van der Waals surface area contributed by atoms with Crippen molar-refractivity contribution in [1.82, 2.24) is 5.32 Å². The summed E-state index contributed by atoms with van der Waals surface area (Å²) in [5.41, 5.74) is 0.498. The summed E-state index contributed by atoms with van der Waals surface area (Å²) in [6.45, 7) is 3.79. The predicted octanol–water partition coefficient (Wildman–Crippen LogP) is 1.80. The topological polar surface area (TPSA) is 78.4 Å². The number of anilines is 1. The molecule has 20 heavy (non-hydrogen) atoms. The van der Waals surface area contributed by atoms with Gasteiger partial charge in [0.25, 0.3) is 0 Å². The van der Waals surface area contributed by atoms with E-state index in [9.17, 15) is 9.59 Å². The van der Waals surface area contributed by atoms with E-state index in [1.54, 1.807) is 24.3 Å². The van der Waals surface area contributed by atoms with Gasteiger partial charge in [-0.15, -0.1) is 0 Å². The highest BCUT2D eigenvalue weighted by atomic mass is 35.5. The van der Waals surface area contributed by atoms with Crippen molar-refractivity contribution in [2.24, 2.45) is 5.92 Å². The Balaban J connectivity index is 2.58. The maximum absolute atomic E-state index is 11.8. The molecule has 1 atom stereocenters. The van der Waals surface area contributed by atoms with Gasteiger partial charge < -0.3 is 15.7 Å². The SMILES string of the molecule is CC(C)C(CCO)NC(=O)C(=O)Nc1ccc(Cl)cc1. The third-order valence-corrected chi connectivity index (χ3v) is 3.12. The highest BCUT2D eigenvalue weighted by molar-refractivity contribution is 6.39. The standard InChI is InChI=1S/C14H19ClN2O3/c1-9(2)12(7-8-18)17-14(20)13(19)16-11-5-3-10(15)4-6-11/h3-6,9,12,18H,7-8H2,1-2H3,(H,16,19)(H,17,20). The van der Waals surface area contributed by atoms with Crippen LogP contribution in [-0.4, -0.2) is 29.6 Å². The van der Waals surface area contributed by atoms with E-state index < -0.39 is 11.8 Å². The molecule has 0 heterocycles. The molecule has 1 rings (SSSR count). The minimum atomic E-state index is -0.740. The third kappa shape index (κ3) is 5.19. The molecule has 0 fully saturated rings. The number of hydrogen-bond acceptors (Lipinski definition) is 3. The van der Waals surface area contributed by atoms with Crippen molar-refractivity contribution in [1.29, 1.82) is 0 Å². The molecule has 1 aromatic rings. The largest absolute Gasteiger partial charge is 0.396 e. The Labute approximate surface area is 123 Å². The molecule has 1 unspecified atom stereocenters. The predicted molar refractivity (Wildman–Crippen MR) is 78.6 cm³/mol. The van der Waals surface area contributed by atoms with Crippen molar-refractivity contribution in [3.05, 3.63) is 29.3 Å². The number of halogens is 1. The molecule has 0 saturated heterocycles. The minimum Gasteiger partial charge on any atom is -0.396 e. The van der Waals surface area contributed by atoms with Gasteiger partial charge in [-0.1, -0.05) is 25.4 Å². The van der Waals surface area contributed by atoms with Gasteiger partial charge in [-0.3, -0.25) is 9.59 Å². The van der Waals surface area contributed by atoms with Gasteiger partial charge in [0.15, 0.2) is 0 Å². The van der Waals surface area contributed by atoms with Gasteiger partial charge in [-0.2, -0.15) is 0 Å². The number of carbonyl (C=O) groups excluding carboxylic acids is 2. The van der Waals surface area contributed by atoms with Crippen LogP contribution >= 0.6 is 11.6 Å². The van der Waals surface area contributed by atoms with Crippen LogP contribution in [0, 0.1) is 5.92 Å². The Morgan fingerprint density at radius 1 is 1.20 bits per heavy atom. The number of rotatable bonds is 5. The maximum atomic E-state index is 11.8. The minimum absolute atomic E-state index is 0.0398. The van der Waals surface area contributed by atoms with Crippen LogP contribution in [0.3, 0.4) is 0 Å². The van der Waals surface area contributed by atoms with Crippen molar-refractivity contribution < 1.29 is 14.7 Å². The average molecular weight is 299 g/mol. The van der Waals surface area contributed by atoms with Gasteiger partial charge in [-0.25, -0.2) is 0 Å². The summed E-state index contributed by atoms with van der Waals surface area (Å²) in [6, 6.07) is 6.24. The zero-order valence-electron chi connectivity index (χ0n) is 11.5. The molecule has 0 aromatic heterocycles. The first-order chi connectivity index (χ1) is 9.43. The van der Waals surface area contributed by atoms with Crippen molar-refractivity contribution in [3.8, 4) is 0 Å². The van der Waals surface area contributed by atoms with Gasteiger partial charge in [0.05, 0.1) is 0 Å². The molecule has 1 aromatic carbocycles. The Kier molecular flexibility index (Phi) is 6.48. The summed E-state index contributed by atoms with van der Waals surface area (Å²) in [6.07, 6.45) is 0.414. The van der Waals surface area contributed by atoms with Crippen molar-refractivity contribution in [2.45, 2.75) is 26.3 Å². The van der Waals surface area contributed by atoms with Crippen LogP contribution in [0.15, 0.2) is 24.3 Å². The van der Waals surface area contributed by atoms with Crippen LogP contribution in [0.25, 0.3) is 0 Å². The van der Waals surface area contributed by atoms with Crippen LogP contribution in [0.2, 0.25) is 5.02 Å². The highest BCUT2D eigenvalue weighted by Crippen LogP contribution is 2.13. The lowest BCUT2D eigenvalue weighted by Crippen LogP contribution is -2.44. The Bertz CT molecular complexity index is 460. The van der Waals surface area contributed by atoms with Crippen LogP contribution in [0.5, 0.6) is 0 Å². The first kappa shape index (κ1) is 16.5. The van der Waals surface area contributed by atoms with E-state index in [1.165, 1.54) is 0 Å². The molecular formula is C14H19ClN2O3. The normalized spacial score (nSPS) is 12.1. The number of hydrogen-bond donors (Lipinski definition) is 3. The number of aliphatic hydroxyl groups excluding tert-OH is 1. The summed E-state index contributed by atoms with van der Waals surface area (Å²) in [5, 5.41) is 14.6. The van der Waals surface area contributed by atoms with E-state index in [-0.39, 0.29) is 18.6 Å².